The fourth-order valence-corrected chi connectivity index (χ4v) is 2.55. The summed E-state index contributed by atoms with van der Waals surface area (Å²) in [7, 11) is 1.65. The van der Waals surface area contributed by atoms with E-state index in [1.807, 2.05) is 55.5 Å². The van der Waals surface area contributed by atoms with Gasteiger partial charge in [-0.05, 0) is 37.1 Å². The Morgan fingerprint density at radius 2 is 1.96 bits per heavy atom. The molecule has 2 rings (SSSR count). The molecule has 2 aromatic carbocycles. The first kappa shape index (κ1) is 17.0. The van der Waals surface area contributed by atoms with Crippen molar-refractivity contribution in [3.8, 4) is 16.9 Å². The van der Waals surface area contributed by atoms with Crippen LogP contribution in [0.4, 0.5) is 5.69 Å². The molecule has 1 atom stereocenters. The Morgan fingerprint density at radius 1 is 1.22 bits per heavy atom. The standard InChI is InChI=1S/C19H24N2O2/c1-4-12-19(2,20)18(22)21-15-9-7-8-14(13-15)16-10-5-6-11-17(16)23-3/h5-11,13H,4,12,20H2,1-3H3,(H,21,22). The lowest BCUT2D eigenvalue weighted by atomic mass is 9.96. The van der Waals surface area contributed by atoms with Crippen molar-refractivity contribution in [1.82, 2.24) is 0 Å². The summed E-state index contributed by atoms with van der Waals surface area (Å²) in [5.74, 6) is 0.627. The van der Waals surface area contributed by atoms with Crippen LogP contribution in [-0.4, -0.2) is 18.6 Å². The van der Waals surface area contributed by atoms with Crippen LogP contribution >= 0.6 is 0 Å². The largest absolute Gasteiger partial charge is 0.496 e. The van der Waals surface area contributed by atoms with Gasteiger partial charge >= 0.3 is 0 Å². The number of ether oxygens (including phenoxy) is 1. The Hall–Kier alpha value is -2.33. The van der Waals surface area contributed by atoms with Crippen molar-refractivity contribution in [1.29, 1.82) is 0 Å². The average Bonchev–Trinajstić information content (AvgIpc) is 2.55. The molecule has 23 heavy (non-hydrogen) atoms. The molecular formula is C19H24N2O2. The summed E-state index contributed by atoms with van der Waals surface area (Å²) in [6.07, 6.45) is 1.51. The van der Waals surface area contributed by atoms with E-state index in [0.29, 0.717) is 6.42 Å². The van der Waals surface area contributed by atoms with E-state index in [4.69, 9.17) is 10.5 Å². The van der Waals surface area contributed by atoms with Gasteiger partial charge in [-0.1, -0.05) is 43.7 Å². The molecule has 122 valence electrons. The lowest BCUT2D eigenvalue weighted by Crippen LogP contribution is -2.48. The minimum Gasteiger partial charge on any atom is -0.496 e. The first-order valence-corrected chi connectivity index (χ1v) is 7.81. The van der Waals surface area contributed by atoms with Crippen LogP contribution in [0, 0.1) is 0 Å². The minimum absolute atomic E-state index is 0.170. The highest BCUT2D eigenvalue weighted by Crippen LogP contribution is 2.31. The molecule has 0 saturated carbocycles. The number of nitrogens with one attached hydrogen (secondary N) is 1. The van der Waals surface area contributed by atoms with Crippen molar-refractivity contribution in [3.63, 3.8) is 0 Å². The number of hydrogen-bond donors (Lipinski definition) is 2. The predicted octanol–water partition coefficient (Wildman–Crippen LogP) is 3.82. The Bertz CT molecular complexity index is 681. The van der Waals surface area contributed by atoms with Crippen molar-refractivity contribution in [2.45, 2.75) is 32.2 Å². The van der Waals surface area contributed by atoms with Gasteiger partial charge in [0.15, 0.2) is 0 Å². The van der Waals surface area contributed by atoms with Crippen LogP contribution in [0.1, 0.15) is 26.7 Å². The second-order valence-electron chi connectivity index (χ2n) is 5.90. The molecule has 0 heterocycles. The zero-order chi connectivity index (χ0) is 16.9. The first-order chi connectivity index (χ1) is 11.0. The minimum atomic E-state index is -0.866. The summed E-state index contributed by atoms with van der Waals surface area (Å²) >= 11 is 0. The fraction of sp³-hybridized carbons (Fsp3) is 0.316. The summed E-state index contributed by atoms with van der Waals surface area (Å²) in [5.41, 5.74) is 7.91. The third-order valence-electron chi connectivity index (χ3n) is 3.83. The molecule has 1 amide bonds. The van der Waals surface area contributed by atoms with Gasteiger partial charge < -0.3 is 15.8 Å². The van der Waals surface area contributed by atoms with E-state index in [1.54, 1.807) is 14.0 Å². The zero-order valence-electron chi connectivity index (χ0n) is 13.9. The summed E-state index contributed by atoms with van der Waals surface area (Å²) in [6.45, 7) is 3.77. The molecule has 1 unspecified atom stereocenters. The van der Waals surface area contributed by atoms with Gasteiger partial charge in [0.1, 0.15) is 5.75 Å². The summed E-state index contributed by atoms with van der Waals surface area (Å²) < 4.78 is 5.40. The van der Waals surface area contributed by atoms with Crippen LogP contribution in [0.3, 0.4) is 0 Å². The maximum Gasteiger partial charge on any atom is 0.244 e. The highest BCUT2D eigenvalue weighted by atomic mass is 16.5. The van der Waals surface area contributed by atoms with Crippen LogP contribution in [0.5, 0.6) is 5.75 Å². The molecule has 0 aliphatic rings. The Morgan fingerprint density at radius 3 is 2.65 bits per heavy atom. The monoisotopic (exact) mass is 312 g/mol. The third kappa shape index (κ3) is 4.11. The van der Waals surface area contributed by atoms with Crippen LogP contribution < -0.4 is 15.8 Å². The van der Waals surface area contributed by atoms with Crippen molar-refractivity contribution in [2.75, 3.05) is 12.4 Å². The highest BCUT2D eigenvalue weighted by Gasteiger charge is 2.27. The Balaban J connectivity index is 2.25. The molecule has 2 aromatic rings. The number of para-hydroxylation sites is 1. The topological polar surface area (TPSA) is 64.4 Å². The number of anilines is 1. The van der Waals surface area contributed by atoms with Crippen LogP contribution in [-0.2, 0) is 4.79 Å². The number of benzene rings is 2. The van der Waals surface area contributed by atoms with E-state index in [1.165, 1.54) is 0 Å². The van der Waals surface area contributed by atoms with Gasteiger partial charge in [-0.2, -0.15) is 0 Å². The summed E-state index contributed by atoms with van der Waals surface area (Å²) in [4.78, 5) is 12.3. The Labute approximate surface area is 137 Å². The molecule has 0 bridgehead atoms. The molecule has 0 radical (unpaired) electrons. The molecular weight excluding hydrogens is 288 g/mol. The van der Waals surface area contributed by atoms with Gasteiger partial charge in [0.25, 0.3) is 0 Å². The maximum absolute atomic E-state index is 12.3. The molecule has 3 N–H and O–H groups in total. The van der Waals surface area contributed by atoms with E-state index < -0.39 is 5.54 Å². The number of methoxy groups -OCH3 is 1. The molecule has 0 aliphatic carbocycles. The van der Waals surface area contributed by atoms with E-state index in [-0.39, 0.29) is 5.91 Å². The van der Waals surface area contributed by atoms with E-state index in [2.05, 4.69) is 5.32 Å². The molecule has 0 saturated heterocycles. The number of hydrogen-bond acceptors (Lipinski definition) is 3. The second kappa shape index (κ2) is 7.29. The average molecular weight is 312 g/mol. The lowest BCUT2D eigenvalue weighted by molar-refractivity contribution is -0.120. The number of carbonyl (C=O) groups excluding carboxylic acids is 1. The highest BCUT2D eigenvalue weighted by molar-refractivity contribution is 5.98. The normalized spacial score (nSPS) is 13.2. The van der Waals surface area contributed by atoms with E-state index in [0.717, 1.165) is 29.0 Å². The van der Waals surface area contributed by atoms with Crippen molar-refractivity contribution >= 4 is 11.6 Å². The number of carbonyl (C=O) groups is 1. The molecule has 0 aromatic heterocycles. The van der Waals surface area contributed by atoms with Gasteiger partial charge in [0, 0.05) is 11.3 Å². The fourth-order valence-electron chi connectivity index (χ4n) is 2.55. The van der Waals surface area contributed by atoms with Crippen molar-refractivity contribution < 1.29 is 9.53 Å². The van der Waals surface area contributed by atoms with E-state index >= 15 is 0 Å². The first-order valence-electron chi connectivity index (χ1n) is 7.81. The summed E-state index contributed by atoms with van der Waals surface area (Å²) in [6, 6.07) is 15.5. The van der Waals surface area contributed by atoms with Crippen molar-refractivity contribution in [2.24, 2.45) is 5.73 Å². The number of rotatable bonds is 6. The maximum atomic E-state index is 12.3. The molecule has 0 fully saturated rings. The zero-order valence-corrected chi connectivity index (χ0v) is 13.9. The van der Waals surface area contributed by atoms with Gasteiger partial charge in [0.2, 0.25) is 5.91 Å². The molecule has 0 spiro atoms. The smallest absolute Gasteiger partial charge is 0.244 e. The third-order valence-corrected chi connectivity index (χ3v) is 3.83. The molecule has 4 heteroatoms. The predicted molar refractivity (Wildman–Crippen MR) is 94.6 cm³/mol. The quantitative estimate of drug-likeness (QED) is 0.852. The van der Waals surface area contributed by atoms with E-state index in [9.17, 15) is 4.79 Å². The number of amides is 1. The van der Waals surface area contributed by atoms with Gasteiger partial charge in [-0.15, -0.1) is 0 Å². The van der Waals surface area contributed by atoms with Crippen LogP contribution in [0.25, 0.3) is 11.1 Å². The Kier molecular flexibility index (Phi) is 5.40. The second-order valence-corrected chi connectivity index (χ2v) is 5.90. The van der Waals surface area contributed by atoms with Gasteiger partial charge in [0.05, 0.1) is 12.6 Å². The summed E-state index contributed by atoms with van der Waals surface area (Å²) in [5, 5.41) is 2.91. The molecule has 0 aliphatic heterocycles. The number of nitrogens with two attached hydrogens (primary N) is 1. The lowest BCUT2D eigenvalue weighted by Gasteiger charge is -2.23. The van der Waals surface area contributed by atoms with Gasteiger partial charge in [-0.25, -0.2) is 0 Å². The van der Waals surface area contributed by atoms with Crippen molar-refractivity contribution in [3.05, 3.63) is 48.5 Å². The van der Waals surface area contributed by atoms with Crippen LogP contribution in [0.15, 0.2) is 48.5 Å². The SMILES string of the molecule is CCCC(C)(N)C(=O)Nc1cccc(-c2ccccc2OC)c1. The molecule has 4 nitrogen and oxygen atoms in total. The van der Waals surface area contributed by atoms with Gasteiger partial charge in [-0.3, -0.25) is 4.79 Å². The van der Waals surface area contributed by atoms with Crippen LogP contribution in [0.2, 0.25) is 0 Å².